The standard InChI is InChI=1S/C31H22FN9O/c32-27-26-20(13-36-28(27)19-11-21(15-33-12-19)38-25(42)10-18-6-2-1-3-7-18)14-37-41-30(26)31-39-24-17-34-16-22(29(24)40-31)23-8-4-5-9-35-23/h1-9,11-13,15-17,37H,10,14H2,(H,38,42)(H,39,40). The van der Waals surface area contributed by atoms with Crippen LogP contribution in [-0.4, -0.2) is 41.5 Å². The second kappa shape index (κ2) is 10.6. The van der Waals surface area contributed by atoms with E-state index in [9.17, 15) is 4.79 Å². The van der Waals surface area contributed by atoms with Crippen LogP contribution in [0.1, 0.15) is 22.5 Å². The Bertz CT molecular complexity index is 1970. The van der Waals surface area contributed by atoms with Crippen molar-refractivity contribution in [2.45, 2.75) is 13.0 Å². The van der Waals surface area contributed by atoms with Crippen LogP contribution in [0, 0.1) is 5.82 Å². The molecule has 0 unspecified atom stereocenters. The Labute approximate surface area is 238 Å². The molecule has 0 bridgehead atoms. The third-order valence-electron chi connectivity index (χ3n) is 6.86. The first kappa shape index (κ1) is 25.1. The van der Waals surface area contributed by atoms with Crippen LogP contribution in [0.3, 0.4) is 0 Å². The highest BCUT2D eigenvalue weighted by Gasteiger charge is 2.27. The summed E-state index contributed by atoms with van der Waals surface area (Å²) in [7, 11) is 0. The van der Waals surface area contributed by atoms with Gasteiger partial charge in [0.25, 0.3) is 0 Å². The fraction of sp³-hybridized carbons (Fsp3) is 0.0645. The Kier molecular flexibility index (Phi) is 6.36. The Morgan fingerprint density at radius 3 is 2.67 bits per heavy atom. The van der Waals surface area contributed by atoms with Gasteiger partial charge in [-0.15, -0.1) is 0 Å². The zero-order chi connectivity index (χ0) is 28.5. The molecule has 0 fully saturated rings. The minimum absolute atomic E-state index is 0.0851. The summed E-state index contributed by atoms with van der Waals surface area (Å²) in [5.41, 5.74) is 8.77. The summed E-state index contributed by atoms with van der Waals surface area (Å²) >= 11 is 0. The number of nitrogens with one attached hydrogen (secondary N) is 3. The number of amides is 1. The van der Waals surface area contributed by atoms with Crippen molar-refractivity contribution in [1.82, 2.24) is 35.3 Å². The topological polar surface area (TPSA) is 134 Å². The largest absolute Gasteiger partial charge is 0.335 e. The smallest absolute Gasteiger partial charge is 0.228 e. The van der Waals surface area contributed by atoms with Gasteiger partial charge in [0.2, 0.25) is 5.91 Å². The fourth-order valence-electron chi connectivity index (χ4n) is 4.92. The number of rotatable bonds is 6. The molecule has 10 nitrogen and oxygen atoms in total. The normalized spacial score (nSPS) is 12.4. The summed E-state index contributed by atoms with van der Waals surface area (Å²) in [4.78, 5) is 38.0. The molecule has 204 valence electrons. The number of H-pyrrole nitrogens is 1. The van der Waals surface area contributed by atoms with E-state index in [1.807, 2.05) is 48.5 Å². The van der Waals surface area contributed by atoms with E-state index in [1.54, 1.807) is 30.9 Å². The first-order chi connectivity index (χ1) is 20.6. The van der Waals surface area contributed by atoms with Crippen LogP contribution in [0.5, 0.6) is 0 Å². The Morgan fingerprint density at radius 2 is 1.81 bits per heavy atom. The number of anilines is 1. The van der Waals surface area contributed by atoms with Crippen molar-refractivity contribution in [2.24, 2.45) is 5.10 Å². The van der Waals surface area contributed by atoms with Crippen molar-refractivity contribution < 1.29 is 9.18 Å². The van der Waals surface area contributed by atoms with E-state index in [4.69, 9.17) is 4.98 Å². The quantitative estimate of drug-likeness (QED) is 0.272. The minimum Gasteiger partial charge on any atom is -0.335 e. The summed E-state index contributed by atoms with van der Waals surface area (Å²) in [5.74, 6) is -0.394. The average molecular weight is 556 g/mol. The molecule has 1 amide bonds. The molecule has 6 aromatic rings. The van der Waals surface area contributed by atoms with E-state index >= 15 is 4.39 Å². The molecule has 0 aliphatic carbocycles. The van der Waals surface area contributed by atoms with Crippen molar-refractivity contribution in [3.63, 3.8) is 0 Å². The van der Waals surface area contributed by atoms with Gasteiger partial charge in [-0.2, -0.15) is 5.10 Å². The molecular formula is C31H22FN9O. The number of pyridine rings is 4. The van der Waals surface area contributed by atoms with Gasteiger partial charge in [0, 0.05) is 41.5 Å². The number of aromatic nitrogens is 6. The van der Waals surface area contributed by atoms with Gasteiger partial charge in [0.1, 0.15) is 16.9 Å². The monoisotopic (exact) mass is 555 g/mol. The Balaban J connectivity index is 1.23. The van der Waals surface area contributed by atoms with Crippen molar-refractivity contribution in [1.29, 1.82) is 0 Å². The van der Waals surface area contributed by atoms with Gasteiger partial charge >= 0.3 is 0 Å². The van der Waals surface area contributed by atoms with E-state index < -0.39 is 5.82 Å². The van der Waals surface area contributed by atoms with Gasteiger partial charge in [0.15, 0.2) is 11.6 Å². The molecule has 0 spiro atoms. The second-order valence-corrected chi connectivity index (χ2v) is 9.67. The number of hydrogen-bond donors (Lipinski definition) is 3. The molecule has 1 aromatic carbocycles. The SMILES string of the molecule is O=C(Cc1ccccc1)Nc1cncc(-c2ncc3c(c2F)C(c2nc4c(-c5ccccn5)cncc4[nH]2)=NNC3)c1. The molecule has 1 aliphatic rings. The molecule has 0 saturated heterocycles. The first-order valence-electron chi connectivity index (χ1n) is 13.2. The summed E-state index contributed by atoms with van der Waals surface area (Å²) in [6.07, 6.45) is 9.91. The van der Waals surface area contributed by atoms with Crippen LogP contribution >= 0.6 is 0 Å². The number of hydrazone groups is 1. The number of carbonyl (C=O) groups excluding carboxylic acids is 1. The van der Waals surface area contributed by atoms with E-state index in [0.717, 1.165) is 16.8 Å². The van der Waals surface area contributed by atoms with Crippen LogP contribution in [-0.2, 0) is 17.8 Å². The lowest BCUT2D eigenvalue weighted by Crippen LogP contribution is -2.24. The van der Waals surface area contributed by atoms with Gasteiger partial charge in [0.05, 0.1) is 47.8 Å². The van der Waals surface area contributed by atoms with Crippen molar-refractivity contribution in [3.05, 3.63) is 120 Å². The maximum atomic E-state index is 16.3. The zero-order valence-corrected chi connectivity index (χ0v) is 22.0. The number of imidazole rings is 1. The maximum Gasteiger partial charge on any atom is 0.228 e. The van der Waals surface area contributed by atoms with Crippen LogP contribution in [0.2, 0.25) is 0 Å². The average Bonchev–Trinajstić information content (AvgIpc) is 3.47. The predicted octanol–water partition coefficient (Wildman–Crippen LogP) is 4.65. The van der Waals surface area contributed by atoms with Gasteiger partial charge in [-0.05, 0) is 23.8 Å². The van der Waals surface area contributed by atoms with E-state index in [1.165, 1.54) is 12.4 Å². The van der Waals surface area contributed by atoms with E-state index in [0.29, 0.717) is 45.9 Å². The predicted molar refractivity (Wildman–Crippen MR) is 156 cm³/mol. The van der Waals surface area contributed by atoms with Crippen LogP contribution in [0.25, 0.3) is 33.5 Å². The number of fused-ring (bicyclic) bond motifs is 2. The van der Waals surface area contributed by atoms with Gasteiger partial charge < -0.3 is 15.7 Å². The highest BCUT2D eigenvalue weighted by molar-refractivity contribution is 6.14. The van der Waals surface area contributed by atoms with Gasteiger partial charge in [-0.25, -0.2) is 9.37 Å². The molecule has 0 radical (unpaired) electrons. The molecule has 42 heavy (non-hydrogen) atoms. The van der Waals surface area contributed by atoms with Crippen LogP contribution in [0.4, 0.5) is 10.1 Å². The number of nitrogens with zero attached hydrogens (tertiary/aromatic N) is 6. The molecule has 5 aromatic heterocycles. The van der Waals surface area contributed by atoms with Crippen molar-refractivity contribution in [3.8, 4) is 22.5 Å². The Hall–Kier alpha value is -5.84. The third kappa shape index (κ3) is 4.73. The van der Waals surface area contributed by atoms with Crippen LogP contribution < -0.4 is 10.7 Å². The van der Waals surface area contributed by atoms with Gasteiger partial charge in [-0.3, -0.25) is 24.7 Å². The highest BCUT2D eigenvalue weighted by atomic mass is 19.1. The van der Waals surface area contributed by atoms with Crippen molar-refractivity contribution >= 4 is 28.3 Å². The zero-order valence-electron chi connectivity index (χ0n) is 22.0. The summed E-state index contributed by atoms with van der Waals surface area (Å²) in [6.45, 7) is 0.303. The van der Waals surface area contributed by atoms with Gasteiger partial charge in [-0.1, -0.05) is 36.4 Å². The summed E-state index contributed by atoms with van der Waals surface area (Å²) in [5, 5.41) is 7.27. The number of carbonyl (C=O) groups is 1. The molecular weight excluding hydrogens is 533 g/mol. The number of benzene rings is 1. The maximum absolute atomic E-state index is 16.3. The van der Waals surface area contributed by atoms with Crippen LogP contribution in [0.15, 0.2) is 96.9 Å². The lowest BCUT2D eigenvalue weighted by Gasteiger charge is -2.18. The molecule has 0 saturated carbocycles. The lowest BCUT2D eigenvalue weighted by molar-refractivity contribution is -0.115. The van der Waals surface area contributed by atoms with E-state index in [-0.39, 0.29) is 23.6 Å². The number of aromatic amines is 1. The minimum atomic E-state index is -0.564. The summed E-state index contributed by atoms with van der Waals surface area (Å²) in [6, 6.07) is 16.7. The van der Waals surface area contributed by atoms with E-state index in [2.05, 4.69) is 40.8 Å². The third-order valence-corrected chi connectivity index (χ3v) is 6.86. The fourth-order valence-corrected chi connectivity index (χ4v) is 4.92. The second-order valence-electron chi connectivity index (χ2n) is 9.67. The number of halogens is 1. The summed E-state index contributed by atoms with van der Waals surface area (Å²) < 4.78 is 16.3. The molecule has 7 rings (SSSR count). The highest BCUT2D eigenvalue weighted by Crippen LogP contribution is 2.31. The molecule has 0 atom stereocenters. The molecule has 1 aliphatic heterocycles. The Morgan fingerprint density at radius 1 is 0.952 bits per heavy atom. The lowest BCUT2D eigenvalue weighted by atomic mass is 9.99. The first-order valence-corrected chi connectivity index (χ1v) is 13.2. The van der Waals surface area contributed by atoms with Crippen molar-refractivity contribution in [2.75, 3.05) is 5.32 Å². The number of hydrogen-bond acceptors (Lipinski definition) is 8. The molecule has 3 N–H and O–H groups in total. The molecule has 6 heterocycles. The molecule has 11 heteroatoms.